The second-order valence-corrected chi connectivity index (χ2v) is 7.28. The number of fused-ring (bicyclic) bond motifs is 1. The van der Waals surface area contributed by atoms with Gasteiger partial charge in [0.1, 0.15) is 5.82 Å². The van der Waals surface area contributed by atoms with Gasteiger partial charge in [-0.1, -0.05) is 17.9 Å². The lowest BCUT2D eigenvalue weighted by Crippen LogP contribution is -1.96. The van der Waals surface area contributed by atoms with Gasteiger partial charge in [0.05, 0.1) is 5.56 Å². The van der Waals surface area contributed by atoms with E-state index in [2.05, 4.69) is 21.8 Å². The molecule has 3 nitrogen and oxygen atoms in total. The molecule has 0 saturated carbocycles. The number of methoxy groups -OCH3 is 1. The molecule has 0 aliphatic rings. The Balaban J connectivity index is 1.53. The number of benzene rings is 3. The molecule has 4 aromatic rings. The van der Waals surface area contributed by atoms with Gasteiger partial charge >= 0.3 is 0 Å². The van der Waals surface area contributed by atoms with Crippen molar-refractivity contribution < 1.29 is 17.9 Å². The van der Waals surface area contributed by atoms with Gasteiger partial charge in [0, 0.05) is 37.2 Å². The molecule has 0 aliphatic carbocycles. The van der Waals surface area contributed by atoms with E-state index in [9.17, 15) is 13.2 Å². The summed E-state index contributed by atoms with van der Waals surface area (Å²) in [5.74, 6) is 3.78. The van der Waals surface area contributed by atoms with Crippen LogP contribution in [0, 0.1) is 29.3 Å². The van der Waals surface area contributed by atoms with Crippen LogP contribution in [0.1, 0.15) is 23.1 Å². The summed E-state index contributed by atoms with van der Waals surface area (Å²) in [6.45, 7) is 0.671. The van der Waals surface area contributed by atoms with Crippen LogP contribution < -0.4 is 0 Å². The first kappa shape index (κ1) is 21.5. The van der Waals surface area contributed by atoms with Crippen LogP contribution in [0.2, 0.25) is 0 Å². The van der Waals surface area contributed by atoms with Crippen LogP contribution in [0.25, 0.3) is 22.2 Å². The van der Waals surface area contributed by atoms with E-state index in [1.54, 1.807) is 49.8 Å². The summed E-state index contributed by atoms with van der Waals surface area (Å²) in [6, 6.07) is 11.9. The van der Waals surface area contributed by atoms with Crippen molar-refractivity contribution in [1.29, 1.82) is 0 Å². The molecule has 0 radical (unpaired) electrons. The minimum atomic E-state index is -0.922. The van der Waals surface area contributed by atoms with E-state index in [0.717, 1.165) is 30.5 Å². The molecule has 1 aromatic heterocycles. The SMILES string of the molecule is COCCCc1cnc(-c2ccc(C#Cc3ccc4cc(F)c(F)cc4c3)c(F)c2)nc1. The average Bonchev–Trinajstić information content (AvgIpc) is 2.80. The minimum Gasteiger partial charge on any atom is -0.385 e. The molecule has 0 bridgehead atoms. The number of ether oxygens (including phenoxy) is 1. The Hall–Kier alpha value is -3.69. The number of aromatic nitrogens is 2. The highest BCUT2D eigenvalue weighted by molar-refractivity contribution is 5.84. The number of aryl methyl sites for hydroxylation is 1. The Morgan fingerprint density at radius 2 is 1.56 bits per heavy atom. The molecule has 4 rings (SSSR count). The molecule has 6 heteroatoms. The second kappa shape index (κ2) is 9.63. The first-order chi connectivity index (χ1) is 15.5. The fourth-order valence-corrected chi connectivity index (χ4v) is 3.27. The van der Waals surface area contributed by atoms with Gasteiger partial charge in [-0.05, 0) is 71.6 Å². The molecule has 160 valence electrons. The quantitative estimate of drug-likeness (QED) is 0.300. The van der Waals surface area contributed by atoms with Crippen molar-refractivity contribution in [2.45, 2.75) is 12.8 Å². The van der Waals surface area contributed by atoms with E-state index in [1.165, 1.54) is 6.07 Å². The average molecular weight is 432 g/mol. The number of halogens is 3. The normalized spacial score (nSPS) is 10.8. The van der Waals surface area contributed by atoms with E-state index in [-0.39, 0.29) is 5.56 Å². The highest BCUT2D eigenvalue weighted by atomic mass is 19.2. The topological polar surface area (TPSA) is 35.0 Å². The van der Waals surface area contributed by atoms with Crippen molar-refractivity contribution in [2.24, 2.45) is 0 Å². The van der Waals surface area contributed by atoms with Gasteiger partial charge in [-0.25, -0.2) is 23.1 Å². The zero-order valence-electron chi connectivity index (χ0n) is 17.3. The first-order valence-corrected chi connectivity index (χ1v) is 10.0. The fourth-order valence-electron chi connectivity index (χ4n) is 3.27. The second-order valence-electron chi connectivity index (χ2n) is 7.28. The summed E-state index contributed by atoms with van der Waals surface area (Å²) in [7, 11) is 1.66. The maximum atomic E-state index is 14.6. The lowest BCUT2D eigenvalue weighted by atomic mass is 10.1. The van der Waals surface area contributed by atoms with E-state index < -0.39 is 17.5 Å². The van der Waals surface area contributed by atoms with Gasteiger partial charge in [-0.2, -0.15) is 0 Å². The predicted molar refractivity (Wildman–Crippen MR) is 117 cm³/mol. The lowest BCUT2D eigenvalue weighted by molar-refractivity contribution is 0.195. The maximum absolute atomic E-state index is 14.6. The highest BCUT2D eigenvalue weighted by Crippen LogP contribution is 2.21. The molecule has 0 spiro atoms. The van der Waals surface area contributed by atoms with Crippen molar-refractivity contribution >= 4 is 10.8 Å². The van der Waals surface area contributed by atoms with Crippen molar-refractivity contribution in [2.75, 3.05) is 13.7 Å². The third-order valence-electron chi connectivity index (χ3n) is 4.97. The molecular weight excluding hydrogens is 413 g/mol. The largest absolute Gasteiger partial charge is 0.385 e. The summed E-state index contributed by atoms with van der Waals surface area (Å²) in [4.78, 5) is 8.64. The lowest BCUT2D eigenvalue weighted by Gasteiger charge is -2.04. The summed E-state index contributed by atoms with van der Waals surface area (Å²) in [6.07, 6.45) is 5.16. The van der Waals surface area contributed by atoms with Gasteiger partial charge in [0.2, 0.25) is 0 Å². The summed E-state index contributed by atoms with van der Waals surface area (Å²) < 4.78 is 46.5. The van der Waals surface area contributed by atoms with Crippen LogP contribution >= 0.6 is 0 Å². The molecule has 0 amide bonds. The van der Waals surface area contributed by atoms with Crippen molar-refractivity contribution in [1.82, 2.24) is 9.97 Å². The monoisotopic (exact) mass is 432 g/mol. The van der Waals surface area contributed by atoms with E-state index in [4.69, 9.17) is 4.74 Å². The number of nitrogens with zero attached hydrogens (tertiary/aromatic N) is 2. The maximum Gasteiger partial charge on any atom is 0.159 e. The van der Waals surface area contributed by atoms with Crippen LogP contribution in [-0.4, -0.2) is 23.7 Å². The molecule has 0 unspecified atom stereocenters. The first-order valence-electron chi connectivity index (χ1n) is 10.0. The Morgan fingerprint density at radius 1 is 0.812 bits per heavy atom. The van der Waals surface area contributed by atoms with Crippen molar-refractivity contribution in [3.05, 3.63) is 95.1 Å². The Bertz CT molecular complexity index is 1320. The molecule has 0 aliphatic heterocycles. The molecule has 32 heavy (non-hydrogen) atoms. The molecule has 0 N–H and O–H groups in total. The van der Waals surface area contributed by atoms with Crippen LogP contribution in [0.3, 0.4) is 0 Å². The Kier molecular flexibility index (Phi) is 6.48. The summed E-state index contributed by atoms with van der Waals surface area (Å²) in [5, 5.41) is 1.09. The molecule has 0 atom stereocenters. The van der Waals surface area contributed by atoms with Crippen LogP contribution in [0.5, 0.6) is 0 Å². The Morgan fingerprint density at radius 3 is 2.28 bits per heavy atom. The zero-order chi connectivity index (χ0) is 22.5. The zero-order valence-corrected chi connectivity index (χ0v) is 17.3. The predicted octanol–water partition coefficient (Wildman–Crippen LogP) is 5.69. The third kappa shape index (κ3) is 4.96. The van der Waals surface area contributed by atoms with Gasteiger partial charge in [0.15, 0.2) is 17.5 Å². The van der Waals surface area contributed by atoms with Gasteiger partial charge in [-0.3, -0.25) is 0 Å². The number of hydrogen-bond donors (Lipinski definition) is 0. The number of rotatable bonds is 5. The standard InChI is InChI=1S/C26H19F3N2O/c1-32-10-2-3-18-15-30-26(31-16-18)21-9-8-19(23(27)13-21)6-4-17-5-7-20-12-24(28)25(29)14-22(20)11-17/h5,7-9,11-16H,2-3,10H2,1H3. The van der Waals surface area contributed by atoms with Gasteiger partial charge in [0.25, 0.3) is 0 Å². The van der Waals surface area contributed by atoms with Crippen molar-refractivity contribution in [3.63, 3.8) is 0 Å². The van der Waals surface area contributed by atoms with Crippen LogP contribution in [-0.2, 0) is 11.2 Å². The fraction of sp³-hybridized carbons (Fsp3) is 0.154. The van der Waals surface area contributed by atoms with E-state index >= 15 is 0 Å². The molecule has 3 aromatic carbocycles. The van der Waals surface area contributed by atoms with Crippen LogP contribution in [0.15, 0.2) is 60.9 Å². The molecule has 1 heterocycles. The highest BCUT2D eigenvalue weighted by Gasteiger charge is 2.07. The third-order valence-corrected chi connectivity index (χ3v) is 4.97. The van der Waals surface area contributed by atoms with Gasteiger partial charge in [-0.15, -0.1) is 0 Å². The van der Waals surface area contributed by atoms with E-state index in [0.29, 0.717) is 34.3 Å². The van der Waals surface area contributed by atoms with E-state index in [1.807, 2.05) is 0 Å². The smallest absolute Gasteiger partial charge is 0.159 e. The number of hydrogen-bond acceptors (Lipinski definition) is 3. The summed E-state index contributed by atoms with van der Waals surface area (Å²) >= 11 is 0. The molecule has 0 saturated heterocycles. The summed E-state index contributed by atoms with van der Waals surface area (Å²) in [5.41, 5.74) is 2.33. The molecule has 0 fully saturated rings. The minimum absolute atomic E-state index is 0.218. The Labute approximate surface area is 183 Å². The van der Waals surface area contributed by atoms with Crippen LogP contribution in [0.4, 0.5) is 13.2 Å². The van der Waals surface area contributed by atoms with Crippen molar-refractivity contribution in [3.8, 4) is 23.2 Å². The van der Waals surface area contributed by atoms with Gasteiger partial charge < -0.3 is 4.74 Å². The molecular formula is C26H19F3N2O.